The van der Waals surface area contributed by atoms with Crippen LogP contribution in [0.2, 0.25) is 0 Å². The smallest absolute Gasteiger partial charge is 0.140 e. The lowest BCUT2D eigenvalue weighted by Gasteiger charge is -2.39. The number of aromatic nitrogens is 1. The van der Waals surface area contributed by atoms with E-state index in [0.29, 0.717) is 6.42 Å². The number of hydrogen-bond acceptors (Lipinski definition) is 4. The quantitative estimate of drug-likeness (QED) is 0.870. The lowest BCUT2D eigenvalue weighted by Crippen LogP contribution is -2.47. The van der Waals surface area contributed by atoms with Gasteiger partial charge in [0.05, 0.1) is 5.60 Å². The number of hydrogen-bond donors (Lipinski definition) is 1. The predicted octanol–water partition coefficient (Wildman–Crippen LogP) is 4.29. The molecule has 2 heterocycles. The first-order valence-corrected chi connectivity index (χ1v) is 10.2. The Kier molecular flexibility index (Phi) is 5.41. The molecule has 2 aliphatic rings. The molecule has 0 radical (unpaired) electrons. The van der Waals surface area contributed by atoms with Crippen LogP contribution in [0.1, 0.15) is 50.7 Å². The van der Waals surface area contributed by atoms with Crippen molar-refractivity contribution in [3.63, 3.8) is 0 Å². The summed E-state index contributed by atoms with van der Waals surface area (Å²) in [4.78, 5) is 2.56. The molecule has 140 valence electrons. The van der Waals surface area contributed by atoms with Gasteiger partial charge in [0, 0.05) is 37.7 Å². The van der Waals surface area contributed by atoms with Gasteiger partial charge in [-0.15, -0.1) is 0 Å². The van der Waals surface area contributed by atoms with E-state index in [0.717, 1.165) is 48.9 Å². The zero-order chi connectivity index (χ0) is 17.8. The van der Waals surface area contributed by atoms with Crippen molar-refractivity contribution in [2.24, 2.45) is 5.92 Å². The van der Waals surface area contributed by atoms with Crippen molar-refractivity contribution in [2.75, 3.05) is 19.6 Å². The van der Waals surface area contributed by atoms with Crippen LogP contribution in [0.3, 0.4) is 0 Å². The van der Waals surface area contributed by atoms with E-state index in [1.165, 1.54) is 38.6 Å². The van der Waals surface area contributed by atoms with E-state index in [4.69, 9.17) is 4.52 Å². The molecule has 26 heavy (non-hydrogen) atoms. The highest BCUT2D eigenvalue weighted by Crippen LogP contribution is 2.30. The molecule has 0 amide bonds. The molecule has 2 fully saturated rings. The highest BCUT2D eigenvalue weighted by Gasteiger charge is 2.34. The monoisotopic (exact) mass is 354 g/mol. The van der Waals surface area contributed by atoms with Crippen LogP contribution in [0.4, 0.5) is 0 Å². The molecule has 0 spiro atoms. The van der Waals surface area contributed by atoms with Crippen LogP contribution in [0.15, 0.2) is 40.9 Å². The summed E-state index contributed by atoms with van der Waals surface area (Å²) in [7, 11) is 0. The van der Waals surface area contributed by atoms with Crippen molar-refractivity contribution >= 4 is 0 Å². The van der Waals surface area contributed by atoms with E-state index in [-0.39, 0.29) is 0 Å². The molecule has 1 aliphatic heterocycles. The van der Waals surface area contributed by atoms with Crippen LogP contribution >= 0.6 is 0 Å². The number of nitrogens with zero attached hydrogens (tertiary/aromatic N) is 2. The molecule has 4 heteroatoms. The Labute approximate surface area is 156 Å². The average molecular weight is 354 g/mol. The SMILES string of the molecule is OC1(Cc2cc(-c3ccccc3)no2)CCN(CC2CCCCC2)CC1. The fourth-order valence-electron chi connectivity index (χ4n) is 4.53. The van der Waals surface area contributed by atoms with Crippen molar-refractivity contribution in [1.29, 1.82) is 0 Å². The minimum Gasteiger partial charge on any atom is -0.389 e. The molecule has 2 aromatic rings. The van der Waals surface area contributed by atoms with Crippen LogP contribution in [-0.2, 0) is 6.42 Å². The molecule has 1 saturated carbocycles. The maximum absolute atomic E-state index is 11.0. The van der Waals surface area contributed by atoms with Crippen LogP contribution in [-0.4, -0.2) is 40.4 Å². The number of likely N-dealkylation sites (tertiary alicyclic amines) is 1. The van der Waals surface area contributed by atoms with Gasteiger partial charge in [-0.2, -0.15) is 0 Å². The van der Waals surface area contributed by atoms with E-state index in [9.17, 15) is 5.11 Å². The molecule has 1 aliphatic carbocycles. The topological polar surface area (TPSA) is 49.5 Å². The molecule has 0 atom stereocenters. The molecular weight excluding hydrogens is 324 g/mol. The standard InChI is InChI=1S/C22H30N2O2/c25-22(11-13-24(14-12-22)17-18-7-3-1-4-8-18)16-20-15-21(23-26-20)19-9-5-2-6-10-19/h2,5-6,9-10,15,18,25H,1,3-4,7-8,11-14,16-17H2. The molecule has 1 aromatic carbocycles. The van der Waals surface area contributed by atoms with Gasteiger partial charge in [-0.25, -0.2) is 0 Å². The van der Waals surface area contributed by atoms with E-state index < -0.39 is 5.60 Å². The van der Waals surface area contributed by atoms with Crippen molar-refractivity contribution in [3.8, 4) is 11.3 Å². The lowest BCUT2D eigenvalue weighted by atomic mass is 9.85. The second-order valence-corrected chi connectivity index (χ2v) is 8.25. The summed E-state index contributed by atoms with van der Waals surface area (Å²) >= 11 is 0. The van der Waals surface area contributed by atoms with Gasteiger partial charge in [0.25, 0.3) is 0 Å². The van der Waals surface area contributed by atoms with E-state index in [1.807, 2.05) is 36.4 Å². The maximum atomic E-state index is 11.0. The molecule has 0 bridgehead atoms. The second-order valence-electron chi connectivity index (χ2n) is 8.25. The van der Waals surface area contributed by atoms with Gasteiger partial charge in [-0.3, -0.25) is 0 Å². The third kappa shape index (κ3) is 4.36. The fourth-order valence-corrected chi connectivity index (χ4v) is 4.53. The van der Waals surface area contributed by atoms with Crippen molar-refractivity contribution < 1.29 is 9.63 Å². The minimum atomic E-state index is -0.656. The first kappa shape index (κ1) is 17.7. The molecular formula is C22H30N2O2. The summed E-state index contributed by atoms with van der Waals surface area (Å²) in [6, 6.07) is 12.0. The van der Waals surface area contributed by atoms with Gasteiger partial charge in [-0.1, -0.05) is 54.8 Å². The Hall–Kier alpha value is -1.65. The summed E-state index contributed by atoms with van der Waals surface area (Å²) in [6.07, 6.45) is 9.20. The van der Waals surface area contributed by atoms with Gasteiger partial charge >= 0.3 is 0 Å². The minimum absolute atomic E-state index is 0.560. The molecule has 1 N–H and O–H groups in total. The maximum Gasteiger partial charge on any atom is 0.140 e. The summed E-state index contributed by atoms with van der Waals surface area (Å²) in [6.45, 7) is 3.20. The summed E-state index contributed by atoms with van der Waals surface area (Å²) in [5.74, 6) is 1.66. The van der Waals surface area contributed by atoms with Crippen LogP contribution in [0.5, 0.6) is 0 Å². The van der Waals surface area contributed by atoms with Crippen molar-refractivity contribution in [1.82, 2.24) is 10.1 Å². The van der Waals surface area contributed by atoms with Crippen molar-refractivity contribution in [3.05, 3.63) is 42.2 Å². The lowest BCUT2D eigenvalue weighted by molar-refractivity contribution is -0.0285. The van der Waals surface area contributed by atoms with Gasteiger partial charge in [-0.05, 0) is 31.6 Å². The largest absolute Gasteiger partial charge is 0.389 e. The van der Waals surface area contributed by atoms with E-state index in [2.05, 4.69) is 10.1 Å². The zero-order valence-corrected chi connectivity index (χ0v) is 15.6. The summed E-state index contributed by atoms with van der Waals surface area (Å²) < 4.78 is 5.51. The zero-order valence-electron chi connectivity index (χ0n) is 15.6. The number of aliphatic hydroxyl groups is 1. The van der Waals surface area contributed by atoms with Gasteiger partial charge in [0.1, 0.15) is 11.5 Å². The average Bonchev–Trinajstić information content (AvgIpc) is 3.13. The summed E-state index contributed by atoms with van der Waals surface area (Å²) in [5.41, 5.74) is 1.24. The highest BCUT2D eigenvalue weighted by molar-refractivity contribution is 5.58. The second kappa shape index (κ2) is 7.93. The Morgan fingerprint density at radius 2 is 1.81 bits per heavy atom. The Morgan fingerprint density at radius 1 is 1.08 bits per heavy atom. The Balaban J connectivity index is 1.31. The highest BCUT2D eigenvalue weighted by atomic mass is 16.5. The third-order valence-electron chi connectivity index (χ3n) is 6.16. The Morgan fingerprint density at radius 3 is 2.54 bits per heavy atom. The molecule has 4 nitrogen and oxygen atoms in total. The van der Waals surface area contributed by atoms with E-state index in [1.54, 1.807) is 0 Å². The molecule has 1 saturated heterocycles. The third-order valence-corrected chi connectivity index (χ3v) is 6.16. The van der Waals surface area contributed by atoms with Crippen LogP contribution < -0.4 is 0 Å². The normalized spacial score (nSPS) is 21.7. The summed E-state index contributed by atoms with van der Waals surface area (Å²) in [5, 5.41) is 15.2. The molecule has 4 rings (SSSR count). The van der Waals surface area contributed by atoms with Gasteiger partial charge in [0.2, 0.25) is 0 Å². The Bertz CT molecular complexity index is 683. The van der Waals surface area contributed by atoms with Gasteiger partial charge < -0.3 is 14.5 Å². The number of rotatable bonds is 5. The number of piperidine rings is 1. The van der Waals surface area contributed by atoms with Crippen LogP contribution in [0, 0.1) is 5.92 Å². The number of benzene rings is 1. The van der Waals surface area contributed by atoms with Crippen LogP contribution in [0.25, 0.3) is 11.3 Å². The predicted molar refractivity (Wildman–Crippen MR) is 103 cm³/mol. The fraction of sp³-hybridized carbons (Fsp3) is 0.591. The first-order chi connectivity index (χ1) is 12.7. The molecule has 0 unspecified atom stereocenters. The van der Waals surface area contributed by atoms with E-state index >= 15 is 0 Å². The van der Waals surface area contributed by atoms with Gasteiger partial charge in [0.15, 0.2) is 0 Å². The molecule has 1 aromatic heterocycles. The first-order valence-electron chi connectivity index (χ1n) is 10.2. The van der Waals surface area contributed by atoms with Crippen molar-refractivity contribution in [2.45, 2.75) is 57.0 Å².